The largest absolute Gasteiger partial charge is 0.358 e. The first-order valence-electron chi connectivity index (χ1n) is 11.4. The molecule has 160 valence electrons. The quantitative estimate of drug-likeness (QED) is 0.547. The number of carbonyl (C=O) groups excluding carboxylic acids is 2. The third-order valence-electron chi connectivity index (χ3n) is 6.81. The summed E-state index contributed by atoms with van der Waals surface area (Å²) in [5.74, 6) is 0.350. The Hall–Kier alpha value is -3.08. The van der Waals surface area contributed by atoms with E-state index in [1.807, 2.05) is 30.3 Å². The van der Waals surface area contributed by atoms with Gasteiger partial charge in [0.05, 0.1) is 11.3 Å². The van der Waals surface area contributed by atoms with Gasteiger partial charge in [-0.25, -0.2) is 0 Å². The second-order valence-corrected chi connectivity index (χ2v) is 9.14. The summed E-state index contributed by atoms with van der Waals surface area (Å²) in [5.41, 5.74) is 5.41. The van der Waals surface area contributed by atoms with Gasteiger partial charge < -0.3 is 15.6 Å². The molecule has 2 aromatic carbocycles. The third-order valence-corrected chi connectivity index (χ3v) is 6.81. The Kier molecular flexibility index (Phi) is 5.26. The number of fused-ring (bicyclic) bond motifs is 3. The number of benzene rings is 2. The Morgan fingerprint density at radius 1 is 1.00 bits per heavy atom. The van der Waals surface area contributed by atoms with Crippen LogP contribution in [0.2, 0.25) is 0 Å². The lowest BCUT2D eigenvalue weighted by atomic mass is 9.87. The molecule has 0 bridgehead atoms. The zero-order valence-electron chi connectivity index (χ0n) is 18.0. The number of anilines is 1. The highest BCUT2D eigenvalue weighted by atomic mass is 16.2. The van der Waals surface area contributed by atoms with E-state index < -0.39 is 0 Å². The number of nitrogens with one attached hydrogen (secondary N) is 3. The molecule has 1 aromatic heterocycles. The molecular weight excluding hydrogens is 386 g/mol. The van der Waals surface area contributed by atoms with Gasteiger partial charge in [0, 0.05) is 28.2 Å². The molecule has 2 aliphatic rings. The summed E-state index contributed by atoms with van der Waals surface area (Å²) >= 11 is 0. The van der Waals surface area contributed by atoms with Gasteiger partial charge in [0.25, 0.3) is 11.8 Å². The zero-order chi connectivity index (χ0) is 21.4. The number of amides is 2. The molecule has 5 rings (SSSR count). The maximum absolute atomic E-state index is 13.1. The monoisotopic (exact) mass is 415 g/mol. The molecule has 0 saturated heterocycles. The molecular formula is C26H29N3O2. The van der Waals surface area contributed by atoms with Crippen LogP contribution in [0.5, 0.6) is 0 Å². The van der Waals surface area contributed by atoms with Crippen molar-refractivity contribution in [3.8, 4) is 0 Å². The minimum atomic E-state index is -0.193. The van der Waals surface area contributed by atoms with E-state index in [2.05, 4.69) is 22.5 Å². The molecule has 2 amide bonds. The molecule has 3 N–H and O–H groups in total. The highest BCUT2D eigenvalue weighted by Crippen LogP contribution is 2.32. The number of para-hydroxylation sites is 1. The van der Waals surface area contributed by atoms with Gasteiger partial charge in [0.15, 0.2) is 0 Å². The minimum absolute atomic E-state index is 0.119. The first-order chi connectivity index (χ1) is 15.1. The fourth-order valence-corrected chi connectivity index (χ4v) is 5.05. The Morgan fingerprint density at radius 3 is 2.65 bits per heavy atom. The molecule has 0 aliphatic heterocycles. The Morgan fingerprint density at radius 2 is 1.81 bits per heavy atom. The van der Waals surface area contributed by atoms with Crippen LogP contribution in [0.25, 0.3) is 10.9 Å². The predicted octanol–water partition coefficient (Wildman–Crippen LogP) is 5.22. The van der Waals surface area contributed by atoms with E-state index in [-0.39, 0.29) is 17.9 Å². The molecule has 5 nitrogen and oxygen atoms in total. The first-order valence-corrected chi connectivity index (χ1v) is 11.4. The summed E-state index contributed by atoms with van der Waals surface area (Å²) in [6, 6.07) is 13.3. The molecule has 0 radical (unpaired) electrons. The van der Waals surface area contributed by atoms with Crippen LogP contribution in [0, 0.1) is 5.92 Å². The predicted molar refractivity (Wildman–Crippen MR) is 124 cm³/mol. The average molecular weight is 416 g/mol. The summed E-state index contributed by atoms with van der Waals surface area (Å²) in [5, 5.41) is 7.22. The second-order valence-electron chi connectivity index (χ2n) is 9.14. The maximum atomic E-state index is 13.1. The van der Waals surface area contributed by atoms with Crippen LogP contribution < -0.4 is 10.6 Å². The van der Waals surface area contributed by atoms with E-state index >= 15 is 0 Å². The van der Waals surface area contributed by atoms with Crippen LogP contribution in [0.1, 0.15) is 71.0 Å². The van der Waals surface area contributed by atoms with Crippen LogP contribution in [-0.2, 0) is 12.8 Å². The second kappa shape index (κ2) is 8.22. The highest BCUT2D eigenvalue weighted by Gasteiger charge is 2.22. The number of rotatable bonds is 4. The van der Waals surface area contributed by atoms with Gasteiger partial charge in [0.2, 0.25) is 0 Å². The molecule has 5 heteroatoms. The molecule has 0 spiro atoms. The number of aromatic amines is 1. The van der Waals surface area contributed by atoms with Crippen molar-refractivity contribution >= 4 is 28.4 Å². The minimum Gasteiger partial charge on any atom is -0.358 e. The van der Waals surface area contributed by atoms with Crippen molar-refractivity contribution in [3.05, 3.63) is 64.8 Å². The fraction of sp³-hybridized carbons (Fsp3) is 0.385. The van der Waals surface area contributed by atoms with Crippen LogP contribution in [0.15, 0.2) is 42.5 Å². The number of H-pyrrole nitrogens is 1. The third kappa shape index (κ3) is 3.97. The molecule has 2 aliphatic carbocycles. The van der Waals surface area contributed by atoms with Crippen molar-refractivity contribution in [2.24, 2.45) is 5.92 Å². The molecule has 1 heterocycles. The van der Waals surface area contributed by atoms with Gasteiger partial charge in [-0.3, -0.25) is 9.59 Å². The number of aryl methyl sites for hydroxylation is 1. The van der Waals surface area contributed by atoms with Gasteiger partial charge in [-0.05, 0) is 73.9 Å². The summed E-state index contributed by atoms with van der Waals surface area (Å²) in [4.78, 5) is 29.4. The normalized spacial score (nSPS) is 18.7. The zero-order valence-corrected chi connectivity index (χ0v) is 18.0. The highest BCUT2D eigenvalue weighted by molar-refractivity contribution is 6.10. The van der Waals surface area contributed by atoms with E-state index in [1.54, 1.807) is 12.1 Å². The number of hydrogen-bond donors (Lipinski definition) is 3. The van der Waals surface area contributed by atoms with E-state index in [0.717, 1.165) is 49.4 Å². The van der Waals surface area contributed by atoms with Crippen molar-refractivity contribution in [1.82, 2.24) is 10.3 Å². The van der Waals surface area contributed by atoms with Crippen LogP contribution in [0.4, 0.5) is 5.69 Å². The van der Waals surface area contributed by atoms with Gasteiger partial charge in [0.1, 0.15) is 0 Å². The molecule has 1 atom stereocenters. The van der Waals surface area contributed by atoms with E-state index in [1.165, 1.54) is 17.7 Å². The number of aromatic nitrogens is 1. The van der Waals surface area contributed by atoms with E-state index in [4.69, 9.17) is 0 Å². The van der Waals surface area contributed by atoms with Crippen LogP contribution in [0.3, 0.4) is 0 Å². The summed E-state index contributed by atoms with van der Waals surface area (Å²) < 4.78 is 0. The SMILES string of the molecule is CC1CCc2[nH]c3ccc(C(=O)Nc4ccccc4C(=O)NC4CCCC4)cc3c2C1. The van der Waals surface area contributed by atoms with E-state index in [0.29, 0.717) is 22.7 Å². The fourth-order valence-electron chi connectivity index (χ4n) is 5.05. The van der Waals surface area contributed by atoms with Gasteiger partial charge >= 0.3 is 0 Å². The first kappa shape index (κ1) is 19.9. The van der Waals surface area contributed by atoms with Crippen molar-refractivity contribution in [3.63, 3.8) is 0 Å². The van der Waals surface area contributed by atoms with E-state index in [9.17, 15) is 9.59 Å². The van der Waals surface area contributed by atoms with Crippen molar-refractivity contribution < 1.29 is 9.59 Å². The smallest absolute Gasteiger partial charge is 0.255 e. The molecule has 1 fully saturated rings. The van der Waals surface area contributed by atoms with Crippen LogP contribution >= 0.6 is 0 Å². The maximum Gasteiger partial charge on any atom is 0.255 e. The van der Waals surface area contributed by atoms with Gasteiger partial charge in [-0.2, -0.15) is 0 Å². The average Bonchev–Trinajstić information content (AvgIpc) is 3.41. The summed E-state index contributed by atoms with van der Waals surface area (Å²) in [7, 11) is 0. The molecule has 31 heavy (non-hydrogen) atoms. The van der Waals surface area contributed by atoms with Crippen molar-refractivity contribution in [1.29, 1.82) is 0 Å². The van der Waals surface area contributed by atoms with Crippen molar-refractivity contribution in [2.75, 3.05) is 5.32 Å². The molecule has 3 aromatic rings. The summed E-state index contributed by atoms with van der Waals surface area (Å²) in [6.07, 6.45) is 7.69. The lowest BCUT2D eigenvalue weighted by Gasteiger charge is -2.18. The standard InChI is InChI=1S/C26H29N3O2/c1-16-10-12-23-20(14-16)21-15-17(11-13-24(21)28-23)25(30)29-22-9-5-4-8-19(22)26(31)27-18-6-2-3-7-18/h4-5,8-9,11,13,15-16,18,28H,2-3,6-7,10,12,14H2,1H3,(H,27,31)(H,29,30). The Bertz CT molecular complexity index is 1140. The molecule has 1 saturated carbocycles. The lowest BCUT2D eigenvalue weighted by molar-refractivity contribution is 0.0938. The number of carbonyl (C=O) groups is 2. The summed E-state index contributed by atoms with van der Waals surface area (Å²) in [6.45, 7) is 2.28. The van der Waals surface area contributed by atoms with Crippen LogP contribution in [-0.4, -0.2) is 22.8 Å². The Labute approximate surface area is 182 Å². The van der Waals surface area contributed by atoms with Gasteiger partial charge in [-0.1, -0.05) is 31.9 Å². The van der Waals surface area contributed by atoms with Crippen molar-refractivity contribution in [2.45, 2.75) is 57.9 Å². The molecule has 1 unspecified atom stereocenters. The number of hydrogen-bond acceptors (Lipinski definition) is 2. The van der Waals surface area contributed by atoms with Gasteiger partial charge in [-0.15, -0.1) is 0 Å². The topological polar surface area (TPSA) is 74.0 Å². The lowest BCUT2D eigenvalue weighted by Crippen LogP contribution is -2.33. The Balaban J connectivity index is 1.38.